The van der Waals surface area contributed by atoms with E-state index in [-0.39, 0.29) is 0 Å². The van der Waals surface area contributed by atoms with E-state index in [4.69, 9.17) is 0 Å². The topological polar surface area (TPSA) is 12.4 Å². The maximum absolute atomic E-state index is 4.62. The van der Waals surface area contributed by atoms with E-state index < -0.39 is 0 Å². The summed E-state index contributed by atoms with van der Waals surface area (Å²) >= 11 is 2.00. The van der Waals surface area contributed by atoms with Gasteiger partial charge < -0.3 is 0 Å². The van der Waals surface area contributed by atoms with Crippen molar-refractivity contribution < 1.29 is 0 Å². The monoisotopic (exact) mass is 171 g/mol. The van der Waals surface area contributed by atoms with Crippen LogP contribution in [0.3, 0.4) is 0 Å². The van der Waals surface area contributed by atoms with Crippen LogP contribution in [-0.4, -0.2) is 16.3 Å². The molecular formula is C9H17NS. The summed E-state index contributed by atoms with van der Waals surface area (Å²) in [4.78, 5) is 4.62. The number of hydrogen-bond acceptors (Lipinski definition) is 2. The molecule has 1 nitrogen and oxygen atoms in total. The van der Waals surface area contributed by atoms with Gasteiger partial charge in [0.1, 0.15) is 0 Å². The molecule has 0 radical (unpaired) electrons. The third-order valence-corrected chi connectivity index (χ3v) is 3.99. The molecule has 0 fully saturated rings. The van der Waals surface area contributed by atoms with Gasteiger partial charge in [-0.05, 0) is 19.8 Å². The van der Waals surface area contributed by atoms with E-state index in [1.807, 2.05) is 11.8 Å². The second-order valence-electron chi connectivity index (χ2n) is 3.32. The van der Waals surface area contributed by atoms with Gasteiger partial charge in [-0.1, -0.05) is 20.3 Å². The van der Waals surface area contributed by atoms with E-state index in [0.29, 0.717) is 10.6 Å². The summed E-state index contributed by atoms with van der Waals surface area (Å²) in [6.07, 6.45) is 1.24. The SMILES string of the molecule is CC[C@@H](C)[C@H]1N=C(C)[C@H](C)S1. The zero-order chi connectivity index (χ0) is 8.43. The van der Waals surface area contributed by atoms with Crippen molar-refractivity contribution in [2.45, 2.75) is 44.7 Å². The van der Waals surface area contributed by atoms with E-state index in [1.165, 1.54) is 12.1 Å². The normalized spacial score (nSPS) is 33.6. The van der Waals surface area contributed by atoms with Gasteiger partial charge in [-0.15, -0.1) is 11.8 Å². The van der Waals surface area contributed by atoms with Gasteiger partial charge in [-0.2, -0.15) is 0 Å². The third-order valence-electron chi connectivity index (χ3n) is 2.39. The van der Waals surface area contributed by atoms with E-state index in [2.05, 4.69) is 32.7 Å². The van der Waals surface area contributed by atoms with E-state index in [1.54, 1.807) is 0 Å². The first-order valence-electron chi connectivity index (χ1n) is 4.35. The van der Waals surface area contributed by atoms with Crippen molar-refractivity contribution in [2.24, 2.45) is 10.9 Å². The fraction of sp³-hybridized carbons (Fsp3) is 0.889. The van der Waals surface area contributed by atoms with Crippen molar-refractivity contribution in [3.63, 3.8) is 0 Å². The van der Waals surface area contributed by atoms with E-state index in [9.17, 15) is 0 Å². The highest BCUT2D eigenvalue weighted by atomic mass is 32.2. The molecule has 0 unspecified atom stereocenters. The van der Waals surface area contributed by atoms with Crippen molar-refractivity contribution >= 4 is 17.5 Å². The van der Waals surface area contributed by atoms with Gasteiger partial charge in [0, 0.05) is 11.0 Å². The first kappa shape index (κ1) is 9.11. The molecule has 0 aromatic heterocycles. The molecule has 1 aliphatic rings. The minimum Gasteiger partial charge on any atom is -0.279 e. The van der Waals surface area contributed by atoms with Crippen LogP contribution < -0.4 is 0 Å². The summed E-state index contributed by atoms with van der Waals surface area (Å²) in [6.45, 7) is 8.90. The van der Waals surface area contributed by atoms with E-state index in [0.717, 1.165) is 5.92 Å². The summed E-state index contributed by atoms with van der Waals surface area (Å²) in [6, 6.07) is 0. The lowest BCUT2D eigenvalue weighted by atomic mass is 10.1. The summed E-state index contributed by atoms with van der Waals surface area (Å²) in [7, 11) is 0. The lowest BCUT2D eigenvalue weighted by molar-refractivity contribution is 0.549. The molecule has 0 aromatic carbocycles. The second kappa shape index (κ2) is 3.61. The Balaban J connectivity index is 2.53. The van der Waals surface area contributed by atoms with Crippen molar-refractivity contribution in [1.82, 2.24) is 0 Å². The summed E-state index contributed by atoms with van der Waals surface area (Å²) in [5.74, 6) is 0.736. The van der Waals surface area contributed by atoms with Crippen LogP contribution in [0.4, 0.5) is 0 Å². The molecular weight excluding hydrogens is 154 g/mol. The molecule has 0 saturated carbocycles. The zero-order valence-electron chi connectivity index (χ0n) is 7.79. The predicted molar refractivity (Wildman–Crippen MR) is 53.4 cm³/mol. The molecule has 2 heteroatoms. The number of rotatable bonds is 2. The molecule has 0 saturated heterocycles. The Morgan fingerprint density at radius 3 is 2.64 bits per heavy atom. The molecule has 11 heavy (non-hydrogen) atoms. The first-order valence-corrected chi connectivity index (χ1v) is 5.29. The van der Waals surface area contributed by atoms with Gasteiger partial charge in [0.25, 0.3) is 0 Å². The molecule has 0 aromatic rings. The second-order valence-corrected chi connectivity index (χ2v) is 4.79. The molecule has 64 valence electrons. The minimum absolute atomic E-state index is 0.537. The van der Waals surface area contributed by atoms with Crippen LogP contribution in [-0.2, 0) is 0 Å². The number of aliphatic imine (C=N–C) groups is 1. The molecule has 0 aliphatic carbocycles. The van der Waals surface area contributed by atoms with Gasteiger partial charge in [0.05, 0.1) is 5.37 Å². The Hall–Kier alpha value is 0.0200. The molecule has 1 aliphatic heterocycles. The highest BCUT2D eigenvalue weighted by Gasteiger charge is 2.25. The van der Waals surface area contributed by atoms with Crippen LogP contribution in [0.15, 0.2) is 4.99 Å². The summed E-state index contributed by atoms with van der Waals surface area (Å²) in [5.41, 5.74) is 1.32. The molecule has 3 atom stereocenters. The molecule has 0 bridgehead atoms. The van der Waals surface area contributed by atoms with Gasteiger partial charge in [0.2, 0.25) is 0 Å². The maximum atomic E-state index is 4.62. The Morgan fingerprint density at radius 2 is 2.27 bits per heavy atom. The largest absolute Gasteiger partial charge is 0.279 e. The quantitative estimate of drug-likeness (QED) is 0.622. The van der Waals surface area contributed by atoms with Crippen molar-refractivity contribution in [3.8, 4) is 0 Å². The average molecular weight is 171 g/mol. The number of thioether (sulfide) groups is 1. The smallest absolute Gasteiger partial charge is 0.0982 e. The van der Waals surface area contributed by atoms with Crippen LogP contribution in [0.2, 0.25) is 0 Å². The fourth-order valence-electron chi connectivity index (χ4n) is 1.11. The molecule has 0 amide bonds. The lowest BCUT2D eigenvalue weighted by Gasteiger charge is -2.13. The predicted octanol–water partition coefficient (Wildman–Crippen LogP) is 2.95. The van der Waals surface area contributed by atoms with Gasteiger partial charge in [-0.3, -0.25) is 4.99 Å². The van der Waals surface area contributed by atoms with Crippen molar-refractivity contribution in [3.05, 3.63) is 0 Å². The molecule has 1 heterocycles. The average Bonchev–Trinajstić information content (AvgIpc) is 2.31. The number of nitrogens with zero attached hydrogens (tertiary/aromatic N) is 1. The standard InChI is InChI=1S/C9H17NS/c1-5-6(2)9-10-7(3)8(4)11-9/h6,8-9H,5H2,1-4H3/t6-,8+,9+/m1/s1. The van der Waals surface area contributed by atoms with Gasteiger partial charge in [0.15, 0.2) is 0 Å². The third kappa shape index (κ3) is 1.98. The summed E-state index contributed by atoms with van der Waals surface area (Å²) < 4.78 is 0. The molecule has 1 rings (SSSR count). The molecule has 0 spiro atoms. The van der Waals surface area contributed by atoms with Crippen LogP contribution in [0.25, 0.3) is 0 Å². The Kier molecular flexibility index (Phi) is 2.99. The summed E-state index contributed by atoms with van der Waals surface area (Å²) in [5, 5.41) is 1.18. The Morgan fingerprint density at radius 1 is 1.64 bits per heavy atom. The van der Waals surface area contributed by atoms with E-state index >= 15 is 0 Å². The maximum Gasteiger partial charge on any atom is 0.0982 e. The van der Waals surface area contributed by atoms with Crippen molar-refractivity contribution in [1.29, 1.82) is 0 Å². The van der Waals surface area contributed by atoms with Crippen LogP contribution in [0, 0.1) is 5.92 Å². The Bertz CT molecular complexity index is 165. The highest BCUT2D eigenvalue weighted by Crippen LogP contribution is 2.33. The fourth-order valence-corrected chi connectivity index (χ4v) is 2.47. The molecule has 0 N–H and O–H groups in total. The van der Waals surface area contributed by atoms with Gasteiger partial charge >= 0.3 is 0 Å². The zero-order valence-corrected chi connectivity index (χ0v) is 8.61. The highest BCUT2D eigenvalue weighted by molar-refractivity contribution is 8.01. The lowest BCUT2D eigenvalue weighted by Crippen LogP contribution is -2.08. The van der Waals surface area contributed by atoms with Crippen LogP contribution >= 0.6 is 11.8 Å². The Labute approximate surface area is 73.7 Å². The van der Waals surface area contributed by atoms with Gasteiger partial charge in [-0.25, -0.2) is 0 Å². The minimum atomic E-state index is 0.537. The van der Waals surface area contributed by atoms with Crippen LogP contribution in [0.1, 0.15) is 34.1 Å². The number of hydrogen-bond donors (Lipinski definition) is 0. The van der Waals surface area contributed by atoms with Crippen molar-refractivity contribution in [2.75, 3.05) is 0 Å². The first-order chi connectivity index (χ1) is 5.15. The van der Waals surface area contributed by atoms with Crippen LogP contribution in [0.5, 0.6) is 0 Å².